The van der Waals surface area contributed by atoms with E-state index < -0.39 is 0 Å². The molecule has 2 rings (SSSR count). The maximum atomic E-state index is 12.2. The third kappa shape index (κ3) is 3.73. The third-order valence-corrected chi connectivity index (χ3v) is 3.95. The zero-order valence-electron chi connectivity index (χ0n) is 12.3. The number of benzene rings is 1. The fourth-order valence-corrected chi connectivity index (χ4v) is 2.83. The van der Waals surface area contributed by atoms with Crippen LogP contribution in [-0.4, -0.2) is 29.6 Å². The van der Waals surface area contributed by atoms with E-state index in [1.807, 2.05) is 13.0 Å². The molecule has 1 aliphatic rings. The second-order valence-electron chi connectivity index (χ2n) is 5.60. The lowest BCUT2D eigenvalue weighted by Crippen LogP contribution is -2.42. The Balaban J connectivity index is 1.89. The molecule has 20 heavy (non-hydrogen) atoms. The average molecular weight is 276 g/mol. The molecule has 3 N–H and O–H groups in total. The van der Waals surface area contributed by atoms with Gasteiger partial charge in [-0.1, -0.05) is 13.0 Å². The smallest absolute Gasteiger partial charge is 0.255 e. The quantitative estimate of drug-likeness (QED) is 0.791. The first-order valence-electron chi connectivity index (χ1n) is 7.44. The predicted molar refractivity (Wildman–Crippen MR) is 80.0 cm³/mol. The van der Waals surface area contributed by atoms with Gasteiger partial charge in [-0.2, -0.15) is 0 Å². The standard InChI is InChI=1S/C16H24N2O2/c1-3-17-12-5-7-13(8-6-12)18-16(20)14-9-4-11(2)10-15(14)19/h4,9-10,12-13,17,19H,3,5-8H2,1-2H3,(H,18,20). The number of carbonyl (C=O) groups is 1. The fraction of sp³-hybridized carbons (Fsp3) is 0.562. The summed E-state index contributed by atoms with van der Waals surface area (Å²) in [5.74, 6) is -0.113. The Bertz CT molecular complexity index is 466. The van der Waals surface area contributed by atoms with Crippen LogP contribution in [0.2, 0.25) is 0 Å². The molecule has 0 heterocycles. The summed E-state index contributed by atoms with van der Waals surface area (Å²) in [6, 6.07) is 5.96. The van der Waals surface area contributed by atoms with Crippen LogP contribution in [0.1, 0.15) is 48.5 Å². The monoisotopic (exact) mass is 276 g/mol. The van der Waals surface area contributed by atoms with E-state index >= 15 is 0 Å². The molecule has 110 valence electrons. The summed E-state index contributed by atoms with van der Waals surface area (Å²) in [6.07, 6.45) is 4.18. The Kier molecular flexibility index (Phi) is 5.01. The number of hydrogen-bond donors (Lipinski definition) is 3. The van der Waals surface area contributed by atoms with Crippen LogP contribution in [0.5, 0.6) is 5.75 Å². The lowest BCUT2D eigenvalue weighted by atomic mass is 9.91. The van der Waals surface area contributed by atoms with Crippen LogP contribution in [0.3, 0.4) is 0 Å². The van der Waals surface area contributed by atoms with Gasteiger partial charge in [-0.25, -0.2) is 0 Å². The number of nitrogens with one attached hydrogen (secondary N) is 2. The van der Waals surface area contributed by atoms with Crippen molar-refractivity contribution < 1.29 is 9.90 Å². The maximum absolute atomic E-state index is 12.2. The highest BCUT2D eigenvalue weighted by Gasteiger charge is 2.22. The third-order valence-electron chi connectivity index (χ3n) is 3.95. The summed E-state index contributed by atoms with van der Waals surface area (Å²) < 4.78 is 0. The van der Waals surface area contributed by atoms with Crippen molar-refractivity contribution in [2.24, 2.45) is 0 Å². The molecule has 1 aromatic carbocycles. The number of aromatic hydroxyl groups is 1. The van der Waals surface area contributed by atoms with Crippen molar-refractivity contribution in [3.8, 4) is 5.75 Å². The second kappa shape index (κ2) is 6.75. The Morgan fingerprint density at radius 1 is 1.25 bits per heavy atom. The van der Waals surface area contributed by atoms with Gasteiger partial charge in [0.1, 0.15) is 5.75 Å². The first kappa shape index (κ1) is 14.9. The largest absolute Gasteiger partial charge is 0.507 e. The van der Waals surface area contributed by atoms with Gasteiger partial charge in [-0.15, -0.1) is 0 Å². The van der Waals surface area contributed by atoms with Crippen LogP contribution in [0.25, 0.3) is 0 Å². The van der Waals surface area contributed by atoms with Crippen molar-refractivity contribution >= 4 is 5.91 Å². The number of amides is 1. The van der Waals surface area contributed by atoms with Crippen molar-refractivity contribution in [3.63, 3.8) is 0 Å². The number of aryl methyl sites for hydroxylation is 1. The minimum atomic E-state index is -0.172. The van der Waals surface area contributed by atoms with Gasteiger partial charge in [0.2, 0.25) is 0 Å². The van der Waals surface area contributed by atoms with E-state index in [1.54, 1.807) is 12.1 Å². The van der Waals surface area contributed by atoms with E-state index in [4.69, 9.17) is 0 Å². The molecule has 1 saturated carbocycles. The molecule has 0 aromatic heterocycles. The highest BCUT2D eigenvalue weighted by Crippen LogP contribution is 2.21. The van der Waals surface area contributed by atoms with Crippen LogP contribution in [0.15, 0.2) is 18.2 Å². The van der Waals surface area contributed by atoms with Crippen LogP contribution in [-0.2, 0) is 0 Å². The summed E-state index contributed by atoms with van der Waals surface area (Å²) in [5.41, 5.74) is 1.31. The lowest BCUT2D eigenvalue weighted by Gasteiger charge is -2.29. The van der Waals surface area contributed by atoms with Gasteiger partial charge in [0, 0.05) is 12.1 Å². The van der Waals surface area contributed by atoms with Gasteiger partial charge in [-0.05, 0) is 56.8 Å². The summed E-state index contributed by atoms with van der Waals surface area (Å²) in [6.45, 7) is 5.01. The number of phenolic OH excluding ortho intramolecular Hbond substituents is 1. The minimum absolute atomic E-state index is 0.0591. The van der Waals surface area contributed by atoms with E-state index in [2.05, 4.69) is 17.6 Å². The van der Waals surface area contributed by atoms with Crippen molar-refractivity contribution in [3.05, 3.63) is 29.3 Å². The fourth-order valence-electron chi connectivity index (χ4n) is 2.83. The molecule has 1 amide bonds. The van der Waals surface area contributed by atoms with E-state index in [0.717, 1.165) is 37.8 Å². The van der Waals surface area contributed by atoms with Gasteiger partial charge < -0.3 is 15.7 Å². The molecule has 1 fully saturated rings. The topological polar surface area (TPSA) is 61.4 Å². The Hall–Kier alpha value is -1.55. The molecule has 0 bridgehead atoms. The number of carbonyl (C=O) groups excluding carboxylic acids is 1. The number of hydrogen-bond acceptors (Lipinski definition) is 3. The molecule has 0 radical (unpaired) electrons. The summed E-state index contributed by atoms with van der Waals surface area (Å²) in [4.78, 5) is 12.2. The molecule has 0 unspecified atom stereocenters. The molecule has 1 aromatic rings. The minimum Gasteiger partial charge on any atom is -0.507 e. The van der Waals surface area contributed by atoms with E-state index in [0.29, 0.717) is 11.6 Å². The number of rotatable bonds is 4. The molecular formula is C16H24N2O2. The first-order valence-corrected chi connectivity index (χ1v) is 7.44. The summed E-state index contributed by atoms with van der Waals surface area (Å²) in [7, 11) is 0. The van der Waals surface area contributed by atoms with Gasteiger partial charge in [0.15, 0.2) is 0 Å². The summed E-state index contributed by atoms with van der Waals surface area (Å²) >= 11 is 0. The van der Waals surface area contributed by atoms with Crippen LogP contribution in [0, 0.1) is 6.92 Å². The van der Waals surface area contributed by atoms with Crippen LogP contribution < -0.4 is 10.6 Å². The Morgan fingerprint density at radius 3 is 2.50 bits per heavy atom. The highest BCUT2D eigenvalue weighted by molar-refractivity contribution is 5.97. The van der Waals surface area contributed by atoms with Gasteiger partial charge >= 0.3 is 0 Å². The van der Waals surface area contributed by atoms with E-state index in [1.165, 1.54) is 0 Å². The van der Waals surface area contributed by atoms with Gasteiger partial charge in [0.05, 0.1) is 5.56 Å². The van der Waals surface area contributed by atoms with Crippen molar-refractivity contribution in [2.45, 2.75) is 51.6 Å². The Morgan fingerprint density at radius 2 is 1.90 bits per heavy atom. The Labute approximate surface area is 120 Å². The molecule has 0 aliphatic heterocycles. The van der Waals surface area contributed by atoms with Crippen molar-refractivity contribution in [2.75, 3.05) is 6.54 Å². The van der Waals surface area contributed by atoms with E-state index in [9.17, 15) is 9.90 Å². The highest BCUT2D eigenvalue weighted by atomic mass is 16.3. The normalized spacial score (nSPS) is 22.5. The zero-order chi connectivity index (χ0) is 14.5. The molecule has 0 saturated heterocycles. The number of phenols is 1. The molecular weight excluding hydrogens is 252 g/mol. The zero-order valence-corrected chi connectivity index (χ0v) is 12.3. The summed E-state index contributed by atoms with van der Waals surface area (Å²) in [5, 5.41) is 16.3. The molecule has 1 aliphatic carbocycles. The van der Waals surface area contributed by atoms with Crippen molar-refractivity contribution in [1.29, 1.82) is 0 Å². The maximum Gasteiger partial charge on any atom is 0.255 e. The van der Waals surface area contributed by atoms with Gasteiger partial charge in [-0.3, -0.25) is 4.79 Å². The SMILES string of the molecule is CCNC1CCC(NC(=O)c2ccc(C)cc2O)CC1. The second-order valence-corrected chi connectivity index (χ2v) is 5.60. The first-order chi connectivity index (χ1) is 9.60. The van der Waals surface area contributed by atoms with Crippen LogP contribution >= 0.6 is 0 Å². The molecule has 4 heteroatoms. The van der Waals surface area contributed by atoms with Crippen LogP contribution in [0.4, 0.5) is 0 Å². The van der Waals surface area contributed by atoms with Gasteiger partial charge in [0.25, 0.3) is 5.91 Å². The lowest BCUT2D eigenvalue weighted by molar-refractivity contribution is 0.0921. The molecule has 4 nitrogen and oxygen atoms in total. The molecule has 0 spiro atoms. The van der Waals surface area contributed by atoms with Crippen molar-refractivity contribution in [1.82, 2.24) is 10.6 Å². The molecule has 0 atom stereocenters. The average Bonchev–Trinajstić information content (AvgIpc) is 2.41. The van der Waals surface area contributed by atoms with E-state index in [-0.39, 0.29) is 17.7 Å². The predicted octanol–water partition coefficient (Wildman–Crippen LogP) is 2.35.